The minimum atomic E-state index is 0.527. The van der Waals surface area contributed by atoms with Crippen molar-refractivity contribution in [1.82, 2.24) is 14.9 Å². The van der Waals surface area contributed by atoms with E-state index in [-0.39, 0.29) is 0 Å². The summed E-state index contributed by atoms with van der Waals surface area (Å²) >= 11 is 3.56. The molecule has 1 saturated carbocycles. The first-order chi connectivity index (χ1) is 11.7. The Morgan fingerprint density at radius 1 is 1.25 bits per heavy atom. The molecule has 2 heterocycles. The van der Waals surface area contributed by atoms with E-state index < -0.39 is 0 Å². The molecule has 4 nitrogen and oxygen atoms in total. The topological polar surface area (TPSA) is 32.3 Å². The third kappa shape index (κ3) is 3.62. The van der Waals surface area contributed by atoms with Gasteiger partial charge in [0, 0.05) is 49.3 Å². The molecule has 0 spiro atoms. The zero-order valence-electron chi connectivity index (χ0n) is 14.0. The van der Waals surface area contributed by atoms with E-state index in [0.29, 0.717) is 12.0 Å². The molecule has 1 atom stereocenters. The first-order valence-corrected chi connectivity index (χ1v) is 9.51. The Hall–Kier alpha value is -1.46. The van der Waals surface area contributed by atoms with Gasteiger partial charge in [-0.25, -0.2) is 9.97 Å². The first-order valence-electron chi connectivity index (χ1n) is 8.71. The van der Waals surface area contributed by atoms with E-state index >= 15 is 0 Å². The van der Waals surface area contributed by atoms with Crippen LogP contribution in [0.5, 0.6) is 0 Å². The molecule has 126 valence electrons. The average Bonchev–Trinajstić information content (AvgIpc) is 3.34. The van der Waals surface area contributed by atoms with Crippen LogP contribution in [0.4, 0.5) is 5.82 Å². The summed E-state index contributed by atoms with van der Waals surface area (Å²) in [6.07, 6.45) is 5.60. The molecule has 0 N–H and O–H groups in total. The maximum atomic E-state index is 4.79. The van der Waals surface area contributed by atoms with Gasteiger partial charge < -0.3 is 4.90 Å². The molecule has 4 rings (SSSR count). The molecule has 2 aliphatic rings. The number of hydrogen-bond donors (Lipinski definition) is 0. The Bertz CT molecular complexity index is 716. The van der Waals surface area contributed by atoms with Crippen LogP contribution in [0.25, 0.3) is 0 Å². The van der Waals surface area contributed by atoms with E-state index in [0.717, 1.165) is 35.7 Å². The predicted molar refractivity (Wildman–Crippen MR) is 100 cm³/mol. The minimum absolute atomic E-state index is 0.527. The van der Waals surface area contributed by atoms with Crippen LogP contribution in [0.1, 0.15) is 36.6 Å². The fourth-order valence-electron chi connectivity index (χ4n) is 3.45. The summed E-state index contributed by atoms with van der Waals surface area (Å²) in [5.41, 5.74) is 1.37. The Balaban J connectivity index is 1.39. The van der Waals surface area contributed by atoms with Crippen molar-refractivity contribution in [2.45, 2.75) is 37.8 Å². The van der Waals surface area contributed by atoms with Crippen molar-refractivity contribution in [1.29, 1.82) is 0 Å². The van der Waals surface area contributed by atoms with Crippen LogP contribution in [0.15, 0.2) is 41.0 Å². The molecule has 2 aromatic rings. The summed E-state index contributed by atoms with van der Waals surface area (Å²) in [5, 5.41) is 0. The highest BCUT2D eigenvalue weighted by molar-refractivity contribution is 9.10. The molecule has 0 amide bonds. The third-order valence-corrected chi connectivity index (χ3v) is 5.55. The zero-order chi connectivity index (χ0) is 16.5. The fraction of sp³-hybridized carbons (Fsp3) is 0.474. The monoisotopic (exact) mass is 386 g/mol. The van der Waals surface area contributed by atoms with Crippen molar-refractivity contribution in [3.63, 3.8) is 0 Å². The molecule has 5 heteroatoms. The molecular formula is C19H23BrN4. The van der Waals surface area contributed by atoms with Gasteiger partial charge in [0.1, 0.15) is 11.6 Å². The summed E-state index contributed by atoms with van der Waals surface area (Å²) in [6.45, 7) is 3.24. The number of aromatic nitrogens is 2. The number of benzene rings is 1. The molecule has 2 fully saturated rings. The number of nitrogens with zero attached hydrogens (tertiary/aromatic N) is 4. The smallest absolute Gasteiger partial charge is 0.133 e. The van der Waals surface area contributed by atoms with Crippen LogP contribution in [0, 0.1) is 0 Å². The van der Waals surface area contributed by atoms with Crippen LogP contribution in [0.3, 0.4) is 0 Å². The van der Waals surface area contributed by atoms with E-state index in [1.165, 1.54) is 24.8 Å². The van der Waals surface area contributed by atoms with E-state index in [1.807, 2.05) is 12.3 Å². The van der Waals surface area contributed by atoms with Crippen LogP contribution < -0.4 is 4.90 Å². The SMILES string of the molecule is CN(c1ccnc(C2CC2)n1)C1CCN(Cc2cccc(Br)c2)C1. The second-order valence-electron chi connectivity index (χ2n) is 6.97. The number of halogens is 1. The summed E-state index contributed by atoms with van der Waals surface area (Å²) in [7, 11) is 2.17. The van der Waals surface area contributed by atoms with Gasteiger partial charge in [-0.15, -0.1) is 0 Å². The Labute approximate surface area is 152 Å². The lowest BCUT2D eigenvalue weighted by Crippen LogP contribution is -2.35. The van der Waals surface area contributed by atoms with Crippen LogP contribution in [-0.2, 0) is 6.54 Å². The molecule has 24 heavy (non-hydrogen) atoms. The number of rotatable bonds is 5. The highest BCUT2D eigenvalue weighted by atomic mass is 79.9. The van der Waals surface area contributed by atoms with Gasteiger partial charge in [0.2, 0.25) is 0 Å². The van der Waals surface area contributed by atoms with Gasteiger partial charge in [-0.3, -0.25) is 4.90 Å². The van der Waals surface area contributed by atoms with Crippen LogP contribution in [-0.4, -0.2) is 41.0 Å². The molecule has 0 bridgehead atoms. The number of hydrogen-bond acceptors (Lipinski definition) is 4. The molecule has 1 aromatic heterocycles. The second-order valence-corrected chi connectivity index (χ2v) is 7.88. The summed E-state index contributed by atoms with van der Waals surface area (Å²) in [6, 6.07) is 11.2. The summed E-state index contributed by atoms with van der Waals surface area (Å²) in [5.74, 6) is 2.71. The van der Waals surface area contributed by atoms with E-state index in [4.69, 9.17) is 4.98 Å². The van der Waals surface area contributed by atoms with Gasteiger partial charge in [0.15, 0.2) is 0 Å². The minimum Gasteiger partial charge on any atom is -0.355 e. The maximum Gasteiger partial charge on any atom is 0.133 e. The summed E-state index contributed by atoms with van der Waals surface area (Å²) < 4.78 is 1.15. The van der Waals surface area contributed by atoms with E-state index in [9.17, 15) is 0 Å². The lowest BCUT2D eigenvalue weighted by atomic mass is 10.2. The van der Waals surface area contributed by atoms with Crippen molar-refractivity contribution in [3.05, 3.63) is 52.4 Å². The molecule has 1 saturated heterocycles. The molecule has 1 aliphatic heterocycles. The third-order valence-electron chi connectivity index (χ3n) is 5.05. The second kappa shape index (κ2) is 6.81. The van der Waals surface area contributed by atoms with E-state index in [2.05, 4.69) is 62.0 Å². The Kier molecular flexibility index (Phi) is 4.55. The standard InChI is InChI=1S/C19H23BrN4/c1-23(18-7-9-21-19(22-18)15-5-6-15)17-8-10-24(13-17)12-14-3-2-4-16(20)11-14/h2-4,7,9,11,15,17H,5-6,8,10,12-13H2,1H3. The Morgan fingerprint density at radius 2 is 2.12 bits per heavy atom. The molecule has 1 aliphatic carbocycles. The number of anilines is 1. The van der Waals surface area contributed by atoms with Gasteiger partial charge in [-0.05, 0) is 43.0 Å². The van der Waals surface area contributed by atoms with Crippen molar-refractivity contribution in [2.24, 2.45) is 0 Å². The zero-order valence-corrected chi connectivity index (χ0v) is 15.6. The van der Waals surface area contributed by atoms with Crippen molar-refractivity contribution in [2.75, 3.05) is 25.0 Å². The highest BCUT2D eigenvalue weighted by Gasteiger charge is 2.29. The fourth-order valence-corrected chi connectivity index (χ4v) is 3.90. The van der Waals surface area contributed by atoms with Gasteiger partial charge in [-0.2, -0.15) is 0 Å². The first kappa shape index (κ1) is 16.0. The lowest BCUT2D eigenvalue weighted by Gasteiger charge is -2.26. The molecular weight excluding hydrogens is 364 g/mol. The highest BCUT2D eigenvalue weighted by Crippen LogP contribution is 2.38. The number of likely N-dealkylation sites (N-methyl/N-ethyl adjacent to an activating group) is 1. The number of likely N-dealkylation sites (tertiary alicyclic amines) is 1. The largest absolute Gasteiger partial charge is 0.355 e. The quantitative estimate of drug-likeness (QED) is 0.781. The van der Waals surface area contributed by atoms with Crippen LogP contribution in [0.2, 0.25) is 0 Å². The lowest BCUT2D eigenvalue weighted by molar-refractivity contribution is 0.326. The summed E-state index contributed by atoms with van der Waals surface area (Å²) in [4.78, 5) is 14.1. The van der Waals surface area contributed by atoms with Gasteiger partial charge in [-0.1, -0.05) is 28.1 Å². The van der Waals surface area contributed by atoms with Gasteiger partial charge in [0.05, 0.1) is 0 Å². The van der Waals surface area contributed by atoms with Crippen molar-refractivity contribution >= 4 is 21.7 Å². The normalized spacial score (nSPS) is 21.2. The molecule has 1 unspecified atom stereocenters. The molecule has 1 aromatic carbocycles. The predicted octanol–water partition coefficient (Wildman–Crippen LogP) is 3.83. The van der Waals surface area contributed by atoms with Crippen molar-refractivity contribution < 1.29 is 0 Å². The van der Waals surface area contributed by atoms with Crippen molar-refractivity contribution in [3.8, 4) is 0 Å². The van der Waals surface area contributed by atoms with Gasteiger partial charge >= 0.3 is 0 Å². The molecule has 0 radical (unpaired) electrons. The Morgan fingerprint density at radius 3 is 2.92 bits per heavy atom. The maximum absolute atomic E-state index is 4.79. The average molecular weight is 387 g/mol. The van der Waals surface area contributed by atoms with Crippen LogP contribution >= 0.6 is 15.9 Å². The van der Waals surface area contributed by atoms with Gasteiger partial charge in [0.25, 0.3) is 0 Å². The van der Waals surface area contributed by atoms with E-state index in [1.54, 1.807) is 0 Å².